The van der Waals surface area contributed by atoms with Gasteiger partial charge in [0.25, 0.3) is 0 Å². The molecular formula is C14H22N2O2. The Labute approximate surface area is 108 Å². The van der Waals surface area contributed by atoms with E-state index in [-0.39, 0.29) is 6.04 Å². The first kappa shape index (κ1) is 13.3. The molecule has 1 fully saturated rings. The van der Waals surface area contributed by atoms with E-state index in [1.54, 1.807) is 7.11 Å². The van der Waals surface area contributed by atoms with Crippen molar-refractivity contribution in [2.24, 2.45) is 17.4 Å². The number of benzene rings is 1. The molecule has 0 radical (unpaired) electrons. The summed E-state index contributed by atoms with van der Waals surface area (Å²) in [6, 6.07) is 5.83. The first-order valence-corrected chi connectivity index (χ1v) is 6.44. The summed E-state index contributed by atoms with van der Waals surface area (Å²) in [6.07, 6.45) is 2.56. The van der Waals surface area contributed by atoms with E-state index in [0.29, 0.717) is 13.2 Å². The monoisotopic (exact) mass is 250 g/mol. The highest BCUT2D eigenvalue weighted by atomic mass is 16.5. The number of hydrogen-bond donors (Lipinski definition) is 2. The fourth-order valence-electron chi connectivity index (χ4n) is 1.89. The van der Waals surface area contributed by atoms with E-state index < -0.39 is 0 Å². The molecule has 0 bridgehead atoms. The molecule has 4 heteroatoms. The van der Waals surface area contributed by atoms with Crippen LogP contribution in [0.5, 0.6) is 5.75 Å². The van der Waals surface area contributed by atoms with Crippen LogP contribution in [-0.2, 0) is 11.3 Å². The van der Waals surface area contributed by atoms with E-state index in [9.17, 15) is 0 Å². The topological polar surface area (TPSA) is 70.5 Å². The molecule has 1 aliphatic carbocycles. The third-order valence-electron chi connectivity index (χ3n) is 3.21. The average molecular weight is 250 g/mol. The molecule has 1 aliphatic rings. The minimum absolute atomic E-state index is 0.184. The van der Waals surface area contributed by atoms with Gasteiger partial charge in [0.2, 0.25) is 0 Å². The average Bonchev–Trinajstić information content (AvgIpc) is 3.20. The highest BCUT2D eigenvalue weighted by Crippen LogP contribution is 2.31. The van der Waals surface area contributed by atoms with Crippen molar-refractivity contribution in [3.8, 4) is 5.75 Å². The van der Waals surface area contributed by atoms with Crippen molar-refractivity contribution in [3.63, 3.8) is 0 Å². The van der Waals surface area contributed by atoms with Crippen LogP contribution in [0.15, 0.2) is 18.2 Å². The smallest absolute Gasteiger partial charge is 0.124 e. The van der Waals surface area contributed by atoms with Gasteiger partial charge in [0.15, 0.2) is 0 Å². The normalized spacial score (nSPS) is 16.6. The molecule has 1 saturated carbocycles. The quantitative estimate of drug-likeness (QED) is 0.771. The summed E-state index contributed by atoms with van der Waals surface area (Å²) >= 11 is 0. The van der Waals surface area contributed by atoms with Crippen molar-refractivity contribution >= 4 is 0 Å². The van der Waals surface area contributed by atoms with Crippen molar-refractivity contribution in [1.29, 1.82) is 0 Å². The van der Waals surface area contributed by atoms with Gasteiger partial charge in [-0.1, -0.05) is 6.07 Å². The molecule has 4 N–H and O–H groups in total. The second-order valence-electron chi connectivity index (χ2n) is 4.90. The lowest BCUT2D eigenvalue weighted by molar-refractivity contribution is 0.184. The SMILES string of the molecule is COCc1ccc(OCC2CC2)c(C(N)CN)c1. The molecule has 1 aromatic carbocycles. The third-order valence-corrected chi connectivity index (χ3v) is 3.21. The molecule has 1 unspecified atom stereocenters. The van der Waals surface area contributed by atoms with Gasteiger partial charge in [-0.05, 0) is 36.5 Å². The predicted molar refractivity (Wildman–Crippen MR) is 71.4 cm³/mol. The Bertz CT molecular complexity index is 391. The molecule has 1 atom stereocenters. The van der Waals surface area contributed by atoms with Gasteiger partial charge in [0.1, 0.15) is 5.75 Å². The second-order valence-corrected chi connectivity index (χ2v) is 4.90. The minimum Gasteiger partial charge on any atom is -0.493 e. The Morgan fingerprint density at radius 2 is 2.17 bits per heavy atom. The summed E-state index contributed by atoms with van der Waals surface area (Å²) in [5, 5.41) is 0. The van der Waals surface area contributed by atoms with Gasteiger partial charge >= 0.3 is 0 Å². The summed E-state index contributed by atoms with van der Waals surface area (Å²) in [5.74, 6) is 1.59. The second kappa shape index (κ2) is 6.18. The molecule has 0 spiro atoms. The molecule has 18 heavy (non-hydrogen) atoms. The summed E-state index contributed by atoms with van der Waals surface area (Å²) in [6.45, 7) is 1.78. The van der Waals surface area contributed by atoms with Crippen LogP contribution < -0.4 is 16.2 Å². The first-order chi connectivity index (χ1) is 8.74. The van der Waals surface area contributed by atoms with Crippen molar-refractivity contribution in [2.45, 2.75) is 25.5 Å². The highest BCUT2D eigenvalue weighted by molar-refractivity contribution is 5.39. The molecule has 4 nitrogen and oxygen atoms in total. The summed E-state index contributed by atoms with van der Waals surface area (Å²) in [5.41, 5.74) is 13.8. The summed E-state index contributed by atoms with van der Waals surface area (Å²) in [4.78, 5) is 0. The number of hydrogen-bond acceptors (Lipinski definition) is 4. The zero-order valence-electron chi connectivity index (χ0n) is 10.9. The van der Waals surface area contributed by atoms with E-state index in [2.05, 4.69) is 0 Å². The zero-order chi connectivity index (χ0) is 13.0. The van der Waals surface area contributed by atoms with Crippen LogP contribution in [0.4, 0.5) is 0 Å². The van der Waals surface area contributed by atoms with Gasteiger partial charge < -0.3 is 20.9 Å². The molecule has 0 aliphatic heterocycles. The highest BCUT2D eigenvalue weighted by Gasteiger charge is 2.23. The summed E-state index contributed by atoms with van der Waals surface area (Å²) in [7, 11) is 1.68. The molecule has 0 heterocycles. The molecular weight excluding hydrogens is 228 g/mol. The van der Waals surface area contributed by atoms with Crippen LogP contribution in [0, 0.1) is 5.92 Å². The van der Waals surface area contributed by atoms with Crippen LogP contribution in [-0.4, -0.2) is 20.3 Å². The number of rotatable bonds is 7. The molecule has 0 saturated heterocycles. The van der Waals surface area contributed by atoms with E-state index in [1.807, 2.05) is 18.2 Å². The Balaban J connectivity index is 2.13. The number of methoxy groups -OCH3 is 1. The van der Waals surface area contributed by atoms with E-state index >= 15 is 0 Å². The minimum atomic E-state index is -0.184. The molecule has 0 aromatic heterocycles. The van der Waals surface area contributed by atoms with Crippen molar-refractivity contribution < 1.29 is 9.47 Å². The van der Waals surface area contributed by atoms with Gasteiger partial charge in [0.05, 0.1) is 13.2 Å². The third kappa shape index (κ3) is 3.45. The van der Waals surface area contributed by atoms with Gasteiger partial charge in [0, 0.05) is 25.3 Å². The maximum atomic E-state index is 6.04. The molecule has 1 aromatic rings. The fraction of sp³-hybridized carbons (Fsp3) is 0.571. The lowest BCUT2D eigenvalue weighted by Gasteiger charge is -2.17. The maximum absolute atomic E-state index is 6.04. The predicted octanol–water partition coefficient (Wildman–Crippen LogP) is 1.58. The van der Waals surface area contributed by atoms with Crippen molar-refractivity contribution in [3.05, 3.63) is 29.3 Å². The Kier molecular flexibility index (Phi) is 4.58. The van der Waals surface area contributed by atoms with E-state index in [0.717, 1.165) is 29.4 Å². The zero-order valence-corrected chi connectivity index (χ0v) is 10.9. The first-order valence-electron chi connectivity index (χ1n) is 6.44. The van der Waals surface area contributed by atoms with Gasteiger partial charge in [-0.15, -0.1) is 0 Å². The molecule has 100 valence electrons. The van der Waals surface area contributed by atoms with E-state index in [4.69, 9.17) is 20.9 Å². The maximum Gasteiger partial charge on any atom is 0.124 e. The van der Waals surface area contributed by atoms with Crippen LogP contribution in [0.2, 0.25) is 0 Å². The largest absolute Gasteiger partial charge is 0.493 e. The van der Waals surface area contributed by atoms with Crippen LogP contribution in [0.1, 0.15) is 30.0 Å². The Hall–Kier alpha value is -1.10. The van der Waals surface area contributed by atoms with Gasteiger partial charge in [-0.2, -0.15) is 0 Å². The standard InChI is InChI=1S/C14H22N2O2/c1-17-8-11-4-5-14(18-9-10-2-3-10)12(6-11)13(16)7-15/h4-6,10,13H,2-3,7-9,15-16H2,1H3. The lowest BCUT2D eigenvalue weighted by atomic mass is 10.0. The fourth-order valence-corrected chi connectivity index (χ4v) is 1.89. The molecule has 0 amide bonds. The van der Waals surface area contributed by atoms with Gasteiger partial charge in [-0.25, -0.2) is 0 Å². The number of nitrogens with two attached hydrogens (primary N) is 2. The number of ether oxygens (including phenoxy) is 2. The van der Waals surface area contributed by atoms with Crippen LogP contribution in [0.3, 0.4) is 0 Å². The van der Waals surface area contributed by atoms with Crippen molar-refractivity contribution in [2.75, 3.05) is 20.3 Å². The molecule has 2 rings (SSSR count). The summed E-state index contributed by atoms with van der Waals surface area (Å²) < 4.78 is 11.0. The Morgan fingerprint density at radius 3 is 2.78 bits per heavy atom. The van der Waals surface area contributed by atoms with E-state index in [1.165, 1.54) is 12.8 Å². The van der Waals surface area contributed by atoms with Gasteiger partial charge in [-0.3, -0.25) is 0 Å². The van der Waals surface area contributed by atoms with Crippen LogP contribution >= 0.6 is 0 Å². The van der Waals surface area contributed by atoms with Crippen molar-refractivity contribution in [1.82, 2.24) is 0 Å². The lowest BCUT2D eigenvalue weighted by Crippen LogP contribution is -2.22. The van der Waals surface area contributed by atoms with Crippen LogP contribution in [0.25, 0.3) is 0 Å². The Morgan fingerprint density at radius 1 is 1.39 bits per heavy atom.